The SMILES string of the molecule is NC(=O)C1CC(=O)N(c2nnc(C(F)(F)F)s2)C1. The number of hydrogen-bond donors (Lipinski definition) is 1. The first-order valence-corrected chi connectivity index (χ1v) is 5.61. The smallest absolute Gasteiger partial charge is 0.369 e. The predicted octanol–water partition coefficient (Wildman–Crippen LogP) is 0.395. The molecular formula is C8H7F3N4O2S. The summed E-state index contributed by atoms with van der Waals surface area (Å²) in [6.45, 7) is -0.0549. The number of nitrogens with zero attached hydrogens (tertiary/aromatic N) is 3. The van der Waals surface area contributed by atoms with Gasteiger partial charge >= 0.3 is 6.18 Å². The predicted molar refractivity (Wildman–Crippen MR) is 54.6 cm³/mol. The van der Waals surface area contributed by atoms with Crippen LogP contribution in [0.5, 0.6) is 0 Å². The van der Waals surface area contributed by atoms with E-state index in [-0.39, 0.29) is 29.4 Å². The second-order valence-electron chi connectivity index (χ2n) is 3.70. The molecule has 1 saturated heterocycles. The molecule has 0 spiro atoms. The maximum Gasteiger partial charge on any atom is 0.445 e. The Bertz CT molecular complexity index is 501. The van der Waals surface area contributed by atoms with E-state index >= 15 is 0 Å². The lowest BCUT2D eigenvalue weighted by Gasteiger charge is -2.10. The van der Waals surface area contributed by atoms with Gasteiger partial charge in [0.05, 0.1) is 5.92 Å². The number of carbonyl (C=O) groups excluding carboxylic acids is 2. The van der Waals surface area contributed by atoms with Gasteiger partial charge in [-0.15, -0.1) is 10.2 Å². The van der Waals surface area contributed by atoms with Gasteiger partial charge in [0.1, 0.15) is 0 Å². The van der Waals surface area contributed by atoms with Gasteiger partial charge in [-0.1, -0.05) is 11.3 Å². The summed E-state index contributed by atoms with van der Waals surface area (Å²) >= 11 is 0.260. The second-order valence-corrected chi connectivity index (χ2v) is 4.65. The molecule has 1 aliphatic rings. The standard InChI is InChI=1S/C8H7F3N4O2S/c9-8(10,11)6-13-14-7(18-6)15-2-3(5(12)17)1-4(15)16/h3H,1-2H2,(H2,12,17). The maximum absolute atomic E-state index is 12.3. The van der Waals surface area contributed by atoms with Crippen LogP contribution in [0.2, 0.25) is 0 Å². The van der Waals surface area contributed by atoms with Crippen molar-refractivity contribution in [3.8, 4) is 0 Å². The van der Waals surface area contributed by atoms with Crippen molar-refractivity contribution in [2.75, 3.05) is 11.4 Å². The molecule has 1 aromatic rings. The van der Waals surface area contributed by atoms with Crippen molar-refractivity contribution in [3.63, 3.8) is 0 Å². The Morgan fingerprint density at radius 1 is 1.44 bits per heavy atom. The minimum absolute atomic E-state index is 0.0549. The topological polar surface area (TPSA) is 89.2 Å². The first-order valence-electron chi connectivity index (χ1n) is 4.79. The van der Waals surface area contributed by atoms with Gasteiger partial charge in [-0.25, -0.2) is 0 Å². The van der Waals surface area contributed by atoms with E-state index in [0.29, 0.717) is 0 Å². The van der Waals surface area contributed by atoms with Gasteiger partial charge in [0.2, 0.25) is 22.0 Å². The van der Waals surface area contributed by atoms with Crippen LogP contribution in [0.3, 0.4) is 0 Å². The average Bonchev–Trinajstić information content (AvgIpc) is 2.81. The quantitative estimate of drug-likeness (QED) is 0.849. The lowest BCUT2D eigenvalue weighted by molar-refractivity contribution is -0.138. The van der Waals surface area contributed by atoms with Crippen molar-refractivity contribution in [1.82, 2.24) is 10.2 Å². The third kappa shape index (κ3) is 2.28. The Labute approximate surface area is 103 Å². The van der Waals surface area contributed by atoms with Gasteiger partial charge in [0.25, 0.3) is 0 Å². The highest BCUT2D eigenvalue weighted by Crippen LogP contribution is 2.35. The van der Waals surface area contributed by atoms with Gasteiger partial charge in [0.15, 0.2) is 0 Å². The number of hydrogen-bond acceptors (Lipinski definition) is 5. The van der Waals surface area contributed by atoms with E-state index in [1.54, 1.807) is 0 Å². The molecule has 1 unspecified atom stereocenters. The van der Waals surface area contributed by atoms with Crippen LogP contribution in [0.15, 0.2) is 0 Å². The Balaban J connectivity index is 2.20. The maximum atomic E-state index is 12.3. The zero-order valence-corrected chi connectivity index (χ0v) is 9.59. The summed E-state index contributed by atoms with van der Waals surface area (Å²) in [6, 6.07) is 0. The minimum Gasteiger partial charge on any atom is -0.369 e. The number of nitrogens with two attached hydrogens (primary N) is 1. The Morgan fingerprint density at radius 2 is 2.11 bits per heavy atom. The normalized spacial score (nSPS) is 20.5. The molecule has 10 heteroatoms. The number of carbonyl (C=O) groups is 2. The Kier molecular flexibility index (Phi) is 2.97. The van der Waals surface area contributed by atoms with Crippen LogP contribution in [-0.4, -0.2) is 28.6 Å². The molecule has 98 valence electrons. The largest absolute Gasteiger partial charge is 0.445 e. The van der Waals surface area contributed by atoms with Crippen LogP contribution < -0.4 is 10.6 Å². The van der Waals surface area contributed by atoms with Crippen LogP contribution in [0.1, 0.15) is 11.4 Å². The number of rotatable bonds is 2. The fourth-order valence-electron chi connectivity index (χ4n) is 1.52. The van der Waals surface area contributed by atoms with E-state index in [1.165, 1.54) is 0 Å². The van der Waals surface area contributed by atoms with Crippen molar-refractivity contribution in [2.24, 2.45) is 11.7 Å². The molecule has 0 radical (unpaired) electrons. The number of aromatic nitrogens is 2. The van der Waals surface area contributed by atoms with E-state index in [2.05, 4.69) is 10.2 Å². The van der Waals surface area contributed by atoms with E-state index < -0.39 is 28.9 Å². The summed E-state index contributed by atoms with van der Waals surface area (Å²) in [7, 11) is 0. The third-order valence-corrected chi connectivity index (χ3v) is 3.41. The van der Waals surface area contributed by atoms with Crippen LogP contribution in [-0.2, 0) is 15.8 Å². The number of primary amides is 1. The van der Waals surface area contributed by atoms with Crippen molar-refractivity contribution in [1.29, 1.82) is 0 Å². The number of amides is 2. The average molecular weight is 280 g/mol. The lowest BCUT2D eigenvalue weighted by Crippen LogP contribution is -2.28. The monoisotopic (exact) mass is 280 g/mol. The molecule has 0 saturated carbocycles. The summed E-state index contributed by atoms with van der Waals surface area (Å²) in [6.07, 6.45) is -4.71. The number of anilines is 1. The summed E-state index contributed by atoms with van der Waals surface area (Å²) in [5.74, 6) is -1.84. The molecular weight excluding hydrogens is 273 g/mol. The van der Waals surface area contributed by atoms with Crippen LogP contribution in [0.25, 0.3) is 0 Å². The summed E-state index contributed by atoms with van der Waals surface area (Å²) in [5.41, 5.74) is 5.04. The van der Waals surface area contributed by atoms with Crippen LogP contribution in [0, 0.1) is 5.92 Å². The molecule has 18 heavy (non-hydrogen) atoms. The fourth-order valence-corrected chi connectivity index (χ4v) is 2.26. The molecule has 2 heterocycles. The van der Waals surface area contributed by atoms with Crippen molar-refractivity contribution >= 4 is 28.3 Å². The summed E-state index contributed by atoms with van der Waals surface area (Å²) in [5, 5.41) is 4.98. The van der Waals surface area contributed by atoms with Gasteiger partial charge in [-0.05, 0) is 0 Å². The second kappa shape index (κ2) is 4.19. The van der Waals surface area contributed by atoms with Gasteiger partial charge in [-0.3, -0.25) is 14.5 Å². The number of halogens is 3. The zero-order chi connectivity index (χ0) is 13.5. The van der Waals surface area contributed by atoms with Gasteiger partial charge in [-0.2, -0.15) is 13.2 Å². The lowest BCUT2D eigenvalue weighted by atomic mass is 10.1. The zero-order valence-electron chi connectivity index (χ0n) is 8.77. The Morgan fingerprint density at radius 3 is 2.56 bits per heavy atom. The molecule has 1 aliphatic heterocycles. The molecule has 1 atom stereocenters. The van der Waals surface area contributed by atoms with E-state index in [4.69, 9.17) is 5.73 Å². The molecule has 0 aromatic carbocycles. The molecule has 6 nitrogen and oxygen atoms in total. The molecule has 1 fully saturated rings. The van der Waals surface area contributed by atoms with Crippen molar-refractivity contribution < 1.29 is 22.8 Å². The molecule has 1 aromatic heterocycles. The van der Waals surface area contributed by atoms with Crippen molar-refractivity contribution in [3.05, 3.63) is 5.01 Å². The van der Waals surface area contributed by atoms with Gasteiger partial charge < -0.3 is 5.73 Å². The highest BCUT2D eigenvalue weighted by atomic mass is 32.1. The summed E-state index contributed by atoms with van der Waals surface area (Å²) < 4.78 is 37.0. The van der Waals surface area contributed by atoms with E-state index in [9.17, 15) is 22.8 Å². The third-order valence-electron chi connectivity index (χ3n) is 2.42. The van der Waals surface area contributed by atoms with Crippen LogP contribution in [0.4, 0.5) is 18.3 Å². The van der Waals surface area contributed by atoms with Gasteiger partial charge in [0, 0.05) is 13.0 Å². The van der Waals surface area contributed by atoms with Crippen LogP contribution >= 0.6 is 11.3 Å². The van der Waals surface area contributed by atoms with E-state index in [1.807, 2.05) is 0 Å². The van der Waals surface area contributed by atoms with Crippen molar-refractivity contribution in [2.45, 2.75) is 12.6 Å². The Hall–Kier alpha value is -1.71. The molecule has 2 N–H and O–H groups in total. The first kappa shape index (κ1) is 12.7. The molecule has 0 bridgehead atoms. The highest BCUT2D eigenvalue weighted by molar-refractivity contribution is 7.15. The minimum atomic E-state index is -4.60. The molecule has 0 aliphatic carbocycles. The fraction of sp³-hybridized carbons (Fsp3) is 0.500. The number of alkyl halides is 3. The molecule has 2 amide bonds. The van der Waals surface area contributed by atoms with E-state index in [0.717, 1.165) is 4.90 Å². The first-order chi connectivity index (χ1) is 8.29. The summed E-state index contributed by atoms with van der Waals surface area (Å²) in [4.78, 5) is 23.4. The molecule has 2 rings (SSSR count). The highest BCUT2D eigenvalue weighted by Gasteiger charge is 2.39.